The number of rotatable bonds is 3. The summed E-state index contributed by atoms with van der Waals surface area (Å²) in [6.07, 6.45) is 6.90. The summed E-state index contributed by atoms with van der Waals surface area (Å²) in [6.45, 7) is 1.95. The molecule has 172 valence electrons. The molecule has 4 saturated carbocycles. The third-order valence-electron chi connectivity index (χ3n) is 8.89. The number of Topliss-reactive ketones (excluding diaryl/α,β-unsaturated/α-hetero) is 1. The van der Waals surface area contributed by atoms with E-state index >= 15 is 0 Å². The molecule has 1 atom stereocenters. The van der Waals surface area contributed by atoms with Gasteiger partial charge in [-0.25, -0.2) is 4.79 Å². The predicted molar refractivity (Wildman–Crippen MR) is 130 cm³/mol. The number of esters is 1. The van der Waals surface area contributed by atoms with E-state index < -0.39 is 5.92 Å². The summed E-state index contributed by atoms with van der Waals surface area (Å²) in [6, 6.07) is 17.7. The molecule has 1 aliphatic heterocycles. The van der Waals surface area contributed by atoms with E-state index in [9.17, 15) is 9.59 Å². The summed E-state index contributed by atoms with van der Waals surface area (Å²) in [5, 5.41) is 3.44. The summed E-state index contributed by atoms with van der Waals surface area (Å²) >= 11 is 0. The number of allylic oxidation sites excluding steroid dienone is 2. The van der Waals surface area contributed by atoms with Crippen molar-refractivity contribution in [3.63, 3.8) is 0 Å². The SMILES string of the molecule is CC1=C(C(=O)OC23CC4CC(CC(C4)C2)C3)C(c2ccccc2)C2=C(N1)c1ccccc1C2=O. The van der Waals surface area contributed by atoms with Crippen molar-refractivity contribution in [3.05, 3.63) is 88.1 Å². The molecule has 6 aliphatic rings. The Bertz CT molecular complexity index is 1250. The Balaban J connectivity index is 1.30. The Morgan fingerprint density at radius 1 is 0.882 bits per heavy atom. The zero-order valence-electron chi connectivity index (χ0n) is 19.5. The molecular formula is C30H29NO3. The van der Waals surface area contributed by atoms with Gasteiger partial charge in [-0.05, 0) is 68.8 Å². The molecule has 0 spiro atoms. The molecule has 0 amide bonds. The van der Waals surface area contributed by atoms with Crippen LogP contribution in [0.25, 0.3) is 5.70 Å². The molecule has 8 rings (SSSR count). The minimum Gasteiger partial charge on any atom is -0.456 e. The fourth-order valence-corrected chi connectivity index (χ4v) is 7.99. The van der Waals surface area contributed by atoms with Crippen LogP contribution >= 0.6 is 0 Å². The van der Waals surface area contributed by atoms with Gasteiger partial charge in [-0.3, -0.25) is 4.79 Å². The standard InChI is InChI=1S/C30H29NO3/c1-17-24(29(33)34-30-14-18-11-19(15-30)13-20(12-18)16-30)25(21-7-3-2-4-8-21)26-27(31-17)22-9-5-6-10-23(22)28(26)32/h2-10,18-20,25,31H,11-16H2,1H3. The molecule has 5 aliphatic carbocycles. The van der Waals surface area contributed by atoms with Crippen LogP contribution in [-0.4, -0.2) is 17.4 Å². The quantitative estimate of drug-likeness (QED) is 0.602. The number of hydrogen-bond donors (Lipinski definition) is 1. The summed E-state index contributed by atoms with van der Waals surface area (Å²) in [5.74, 6) is 1.41. The Labute approximate surface area is 200 Å². The lowest BCUT2D eigenvalue weighted by atomic mass is 9.54. The smallest absolute Gasteiger partial charge is 0.337 e. The van der Waals surface area contributed by atoms with Crippen molar-refractivity contribution in [2.75, 3.05) is 0 Å². The van der Waals surface area contributed by atoms with Crippen LogP contribution in [0.5, 0.6) is 0 Å². The lowest BCUT2D eigenvalue weighted by Gasteiger charge is -2.55. The van der Waals surface area contributed by atoms with Gasteiger partial charge in [0, 0.05) is 28.3 Å². The fourth-order valence-electron chi connectivity index (χ4n) is 7.99. The summed E-state index contributed by atoms with van der Waals surface area (Å²) in [4.78, 5) is 27.6. The zero-order chi connectivity index (χ0) is 23.0. The highest BCUT2D eigenvalue weighted by Gasteiger charge is 2.54. The van der Waals surface area contributed by atoms with Crippen LogP contribution in [0.3, 0.4) is 0 Å². The van der Waals surface area contributed by atoms with E-state index in [-0.39, 0.29) is 17.4 Å². The van der Waals surface area contributed by atoms with Gasteiger partial charge in [-0.2, -0.15) is 0 Å². The van der Waals surface area contributed by atoms with Gasteiger partial charge in [0.2, 0.25) is 0 Å². The maximum atomic E-state index is 14.0. The van der Waals surface area contributed by atoms with Crippen LogP contribution < -0.4 is 5.32 Å². The van der Waals surface area contributed by atoms with Crippen LogP contribution in [0.15, 0.2) is 71.4 Å². The number of carbonyl (C=O) groups is 2. The van der Waals surface area contributed by atoms with Gasteiger partial charge < -0.3 is 10.1 Å². The summed E-state index contributed by atoms with van der Waals surface area (Å²) in [7, 11) is 0. The van der Waals surface area contributed by atoms with E-state index in [1.165, 1.54) is 19.3 Å². The van der Waals surface area contributed by atoms with Gasteiger partial charge in [0.1, 0.15) is 5.60 Å². The van der Waals surface area contributed by atoms with E-state index in [0.29, 0.717) is 34.5 Å². The van der Waals surface area contributed by atoms with Gasteiger partial charge in [0.05, 0.1) is 11.3 Å². The molecule has 1 unspecified atom stereocenters. The number of carbonyl (C=O) groups excluding carboxylic acids is 2. The molecule has 4 bridgehead atoms. The largest absolute Gasteiger partial charge is 0.456 e. The number of nitrogens with one attached hydrogen (secondary N) is 1. The minimum atomic E-state index is -0.432. The number of dihydropyridines is 1. The molecule has 4 nitrogen and oxygen atoms in total. The van der Waals surface area contributed by atoms with Gasteiger partial charge >= 0.3 is 5.97 Å². The average molecular weight is 452 g/mol. The van der Waals surface area contributed by atoms with Crippen LogP contribution in [0.1, 0.15) is 72.9 Å². The van der Waals surface area contributed by atoms with Gasteiger partial charge in [-0.1, -0.05) is 54.6 Å². The van der Waals surface area contributed by atoms with E-state index in [1.807, 2.05) is 61.5 Å². The van der Waals surface area contributed by atoms with Gasteiger partial charge in [-0.15, -0.1) is 0 Å². The Kier molecular flexibility index (Phi) is 4.28. The predicted octanol–water partition coefficient (Wildman–Crippen LogP) is 5.77. The molecular weight excluding hydrogens is 422 g/mol. The van der Waals surface area contributed by atoms with Crippen molar-refractivity contribution in [3.8, 4) is 0 Å². The molecule has 0 radical (unpaired) electrons. The van der Waals surface area contributed by atoms with Crippen LogP contribution in [0, 0.1) is 17.8 Å². The number of fused-ring (bicyclic) bond motifs is 2. The molecule has 0 aromatic heterocycles. The first-order valence-corrected chi connectivity index (χ1v) is 12.7. The van der Waals surface area contributed by atoms with Crippen molar-refractivity contribution in [2.24, 2.45) is 17.8 Å². The normalized spacial score (nSPS) is 33.0. The summed E-state index contributed by atoms with van der Waals surface area (Å²) in [5.41, 5.74) is 5.11. The summed E-state index contributed by atoms with van der Waals surface area (Å²) < 4.78 is 6.50. The number of hydrogen-bond acceptors (Lipinski definition) is 4. The van der Waals surface area contributed by atoms with Crippen LogP contribution in [-0.2, 0) is 9.53 Å². The van der Waals surface area contributed by atoms with E-state index in [1.54, 1.807) is 0 Å². The fraction of sp³-hybridized carbons (Fsp3) is 0.400. The maximum Gasteiger partial charge on any atom is 0.337 e. The van der Waals surface area contributed by atoms with Crippen LogP contribution in [0.2, 0.25) is 0 Å². The highest BCUT2D eigenvalue weighted by atomic mass is 16.6. The Morgan fingerprint density at radius 3 is 2.12 bits per heavy atom. The number of ether oxygens (including phenoxy) is 1. The van der Waals surface area contributed by atoms with Gasteiger partial charge in [0.25, 0.3) is 0 Å². The third-order valence-corrected chi connectivity index (χ3v) is 8.89. The lowest BCUT2D eigenvalue weighted by molar-refractivity contribution is -0.182. The highest BCUT2D eigenvalue weighted by Crippen LogP contribution is 2.57. The van der Waals surface area contributed by atoms with Gasteiger partial charge in [0.15, 0.2) is 5.78 Å². The van der Waals surface area contributed by atoms with E-state index in [0.717, 1.165) is 41.8 Å². The topological polar surface area (TPSA) is 55.4 Å². The van der Waals surface area contributed by atoms with E-state index in [2.05, 4.69) is 5.32 Å². The molecule has 0 saturated heterocycles. The first-order chi connectivity index (χ1) is 16.5. The van der Waals surface area contributed by atoms with Crippen molar-refractivity contribution in [1.29, 1.82) is 0 Å². The molecule has 2 aromatic carbocycles. The second-order valence-electron chi connectivity index (χ2n) is 11.2. The van der Waals surface area contributed by atoms with Crippen molar-refractivity contribution in [2.45, 2.75) is 57.0 Å². The highest BCUT2D eigenvalue weighted by molar-refractivity contribution is 6.23. The molecule has 4 fully saturated rings. The average Bonchev–Trinajstić information content (AvgIpc) is 3.09. The van der Waals surface area contributed by atoms with Crippen molar-refractivity contribution >= 4 is 17.4 Å². The first-order valence-electron chi connectivity index (χ1n) is 12.7. The number of ketones is 1. The zero-order valence-corrected chi connectivity index (χ0v) is 19.5. The van der Waals surface area contributed by atoms with Crippen LogP contribution in [0.4, 0.5) is 0 Å². The first kappa shape index (κ1) is 20.3. The molecule has 1 heterocycles. The molecule has 4 heteroatoms. The second-order valence-corrected chi connectivity index (χ2v) is 11.2. The Hall–Kier alpha value is -3.14. The molecule has 2 aromatic rings. The molecule has 1 N–H and O–H groups in total. The lowest BCUT2D eigenvalue weighted by Crippen LogP contribution is -2.53. The third kappa shape index (κ3) is 2.90. The molecule has 34 heavy (non-hydrogen) atoms. The maximum absolute atomic E-state index is 14.0. The minimum absolute atomic E-state index is 0.000410. The van der Waals surface area contributed by atoms with E-state index in [4.69, 9.17) is 4.74 Å². The number of benzene rings is 2. The second kappa shape index (κ2) is 7.18. The van der Waals surface area contributed by atoms with Crippen molar-refractivity contribution < 1.29 is 14.3 Å². The van der Waals surface area contributed by atoms with Crippen molar-refractivity contribution in [1.82, 2.24) is 5.32 Å². The monoisotopic (exact) mass is 451 g/mol. The Morgan fingerprint density at radius 2 is 1.47 bits per heavy atom.